The topological polar surface area (TPSA) is 22.1 Å². The van der Waals surface area contributed by atoms with E-state index < -0.39 is 0 Å². The van der Waals surface area contributed by atoms with Crippen LogP contribution in [0.15, 0.2) is 18.2 Å². The Morgan fingerprint density at radius 3 is 2.73 bits per heavy atom. The summed E-state index contributed by atoms with van der Waals surface area (Å²) in [7, 11) is 0. The van der Waals surface area contributed by atoms with Crippen LogP contribution in [0.4, 0.5) is 0 Å². The van der Waals surface area contributed by atoms with Crippen LogP contribution in [0.2, 0.25) is 10.2 Å². The Kier molecular flexibility index (Phi) is 4.43. The van der Waals surface area contributed by atoms with Crippen molar-refractivity contribution in [3.8, 4) is 5.75 Å². The van der Waals surface area contributed by atoms with Crippen molar-refractivity contribution in [2.24, 2.45) is 0 Å². The third kappa shape index (κ3) is 3.40. The molecule has 82 valence electrons. The van der Waals surface area contributed by atoms with Crippen molar-refractivity contribution in [3.05, 3.63) is 34.1 Å². The first-order valence-electron chi connectivity index (χ1n) is 4.66. The highest BCUT2D eigenvalue weighted by atomic mass is 35.5. The molecular weight excluding hydrogens is 233 g/mol. The fourth-order valence-electron chi connectivity index (χ4n) is 0.990. The van der Waals surface area contributed by atoms with Crippen molar-refractivity contribution >= 4 is 23.2 Å². The van der Waals surface area contributed by atoms with Crippen molar-refractivity contribution in [2.45, 2.75) is 20.3 Å². The molecule has 0 aromatic carbocycles. The number of hydrogen-bond donors (Lipinski definition) is 0. The van der Waals surface area contributed by atoms with E-state index in [1.54, 1.807) is 6.07 Å². The van der Waals surface area contributed by atoms with Crippen LogP contribution < -0.4 is 4.74 Å². The third-order valence-electron chi connectivity index (χ3n) is 1.94. The van der Waals surface area contributed by atoms with Gasteiger partial charge in [-0.2, -0.15) is 0 Å². The van der Waals surface area contributed by atoms with E-state index in [-0.39, 0.29) is 0 Å². The Hall–Kier alpha value is -0.730. The van der Waals surface area contributed by atoms with Crippen LogP contribution in [-0.2, 0) is 0 Å². The third-order valence-corrected chi connectivity index (χ3v) is 2.47. The monoisotopic (exact) mass is 245 g/mol. The Balaban J connectivity index is 2.81. The van der Waals surface area contributed by atoms with E-state index in [9.17, 15) is 0 Å². The second-order valence-electron chi connectivity index (χ2n) is 3.26. The minimum Gasteiger partial charge on any atom is -0.484 e. The first kappa shape index (κ1) is 12.3. The number of halogens is 2. The van der Waals surface area contributed by atoms with Gasteiger partial charge in [-0.05, 0) is 25.0 Å². The summed E-state index contributed by atoms with van der Waals surface area (Å²) >= 11 is 11.9. The molecule has 0 saturated carbocycles. The Labute approximate surface area is 99.9 Å². The first-order valence-corrected chi connectivity index (χ1v) is 5.42. The van der Waals surface area contributed by atoms with Crippen LogP contribution in [0.1, 0.15) is 19.0 Å². The van der Waals surface area contributed by atoms with Gasteiger partial charge < -0.3 is 4.74 Å². The van der Waals surface area contributed by atoms with E-state index in [4.69, 9.17) is 27.9 Å². The van der Waals surface area contributed by atoms with Crippen molar-refractivity contribution in [2.75, 3.05) is 6.61 Å². The second kappa shape index (κ2) is 5.38. The zero-order chi connectivity index (χ0) is 11.4. The summed E-state index contributed by atoms with van der Waals surface area (Å²) in [5, 5.41) is 0.778. The van der Waals surface area contributed by atoms with Crippen molar-refractivity contribution in [1.29, 1.82) is 0 Å². The SMILES string of the molecule is C=C(CC)COc1c(Cl)cc(C)nc1Cl. The van der Waals surface area contributed by atoms with E-state index in [2.05, 4.69) is 11.6 Å². The molecule has 1 aromatic rings. The molecule has 1 aromatic heterocycles. The number of nitrogens with zero attached hydrogens (tertiary/aromatic N) is 1. The maximum Gasteiger partial charge on any atom is 0.175 e. The van der Waals surface area contributed by atoms with Gasteiger partial charge in [-0.25, -0.2) is 4.98 Å². The Morgan fingerprint density at radius 2 is 2.20 bits per heavy atom. The van der Waals surface area contributed by atoms with Gasteiger partial charge in [0.2, 0.25) is 0 Å². The van der Waals surface area contributed by atoms with Gasteiger partial charge in [0.15, 0.2) is 10.9 Å². The molecule has 0 aliphatic heterocycles. The number of hydrogen-bond acceptors (Lipinski definition) is 2. The summed E-state index contributed by atoms with van der Waals surface area (Å²) < 4.78 is 5.45. The Morgan fingerprint density at radius 1 is 1.53 bits per heavy atom. The lowest BCUT2D eigenvalue weighted by Crippen LogP contribution is -2.01. The molecule has 1 rings (SSSR count). The number of aryl methyl sites for hydroxylation is 1. The predicted octanol–water partition coefficient (Wildman–Crippen LogP) is 4.04. The molecule has 2 nitrogen and oxygen atoms in total. The fourth-order valence-corrected chi connectivity index (χ4v) is 1.63. The van der Waals surface area contributed by atoms with Crippen LogP contribution in [0.3, 0.4) is 0 Å². The van der Waals surface area contributed by atoms with Crippen molar-refractivity contribution in [3.63, 3.8) is 0 Å². The lowest BCUT2D eigenvalue weighted by molar-refractivity contribution is 0.348. The van der Waals surface area contributed by atoms with Gasteiger partial charge in [0.05, 0.1) is 5.02 Å². The Bertz CT molecular complexity index is 354. The summed E-state index contributed by atoms with van der Waals surface area (Å²) in [5.41, 5.74) is 1.76. The van der Waals surface area contributed by atoms with E-state index in [1.165, 1.54) is 0 Å². The summed E-state index contributed by atoms with van der Waals surface area (Å²) in [6, 6.07) is 1.72. The van der Waals surface area contributed by atoms with Crippen LogP contribution in [0.25, 0.3) is 0 Å². The maximum absolute atomic E-state index is 5.98. The molecule has 0 atom stereocenters. The smallest absolute Gasteiger partial charge is 0.175 e. The molecule has 0 amide bonds. The standard InChI is InChI=1S/C11H13Cl2NO/c1-4-7(2)6-15-10-9(12)5-8(3)14-11(10)13/h5H,2,4,6H2,1,3H3. The molecule has 0 aliphatic rings. The van der Waals surface area contributed by atoms with E-state index in [0.717, 1.165) is 17.7 Å². The van der Waals surface area contributed by atoms with E-state index >= 15 is 0 Å². The number of aromatic nitrogens is 1. The molecule has 0 N–H and O–H groups in total. The summed E-state index contributed by atoms with van der Waals surface area (Å²) in [6.45, 7) is 8.09. The van der Waals surface area contributed by atoms with Gasteiger partial charge in [-0.15, -0.1) is 0 Å². The van der Waals surface area contributed by atoms with Crippen molar-refractivity contribution in [1.82, 2.24) is 4.98 Å². The summed E-state index contributed by atoms with van der Waals surface area (Å²) in [6.07, 6.45) is 0.870. The van der Waals surface area contributed by atoms with Crippen LogP contribution in [-0.4, -0.2) is 11.6 Å². The van der Waals surface area contributed by atoms with Gasteiger partial charge in [0, 0.05) is 5.69 Å². The maximum atomic E-state index is 5.98. The van der Waals surface area contributed by atoms with Crippen LogP contribution in [0, 0.1) is 6.92 Å². The average Bonchev–Trinajstić information content (AvgIpc) is 2.15. The zero-order valence-corrected chi connectivity index (χ0v) is 10.3. The molecule has 0 radical (unpaired) electrons. The molecule has 0 saturated heterocycles. The summed E-state index contributed by atoms with van der Waals surface area (Å²) in [4.78, 5) is 4.06. The zero-order valence-electron chi connectivity index (χ0n) is 8.81. The number of ether oxygens (including phenoxy) is 1. The summed E-state index contributed by atoms with van der Waals surface area (Å²) in [5.74, 6) is 0.429. The van der Waals surface area contributed by atoms with Gasteiger partial charge in [-0.3, -0.25) is 0 Å². The largest absolute Gasteiger partial charge is 0.484 e. The van der Waals surface area contributed by atoms with Gasteiger partial charge in [0.1, 0.15) is 6.61 Å². The lowest BCUT2D eigenvalue weighted by atomic mass is 10.2. The average molecular weight is 246 g/mol. The molecule has 0 spiro atoms. The van der Waals surface area contributed by atoms with Crippen molar-refractivity contribution < 1.29 is 4.74 Å². The molecule has 4 heteroatoms. The first-order chi connectivity index (χ1) is 7.04. The highest BCUT2D eigenvalue weighted by Gasteiger charge is 2.09. The number of pyridine rings is 1. The minimum atomic E-state index is 0.295. The molecule has 0 fully saturated rings. The molecule has 0 aliphatic carbocycles. The highest BCUT2D eigenvalue weighted by molar-refractivity contribution is 6.36. The van der Waals surface area contributed by atoms with Gasteiger partial charge in [0.25, 0.3) is 0 Å². The van der Waals surface area contributed by atoms with E-state index in [1.807, 2.05) is 13.8 Å². The van der Waals surface area contributed by atoms with Gasteiger partial charge >= 0.3 is 0 Å². The van der Waals surface area contributed by atoms with E-state index in [0.29, 0.717) is 22.5 Å². The minimum absolute atomic E-state index is 0.295. The second-order valence-corrected chi connectivity index (χ2v) is 4.02. The molecule has 0 unspecified atom stereocenters. The lowest BCUT2D eigenvalue weighted by Gasteiger charge is -2.10. The fraction of sp³-hybridized carbons (Fsp3) is 0.364. The molecule has 15 heavy (non-hydrogen) atoms. The molecule has 0 bridgehead atoms. The quantitative estimate of drug-likeness (QED) is 0.590. The van der Waals surface area contributed by atoms with Crippen LogP contribution >= 0.6 is 23.2 Å². The predicted molar refractivity (Wildman–Crippen MR) is 63.9 cm³/mol. The number of rotatable bonds is 4. The van der Waals surface area contributed by atoms with Gasteiger partial charge in [-0.1, -0.05) is 36.7 Å². The highest BCUT2D eigenvalue weighted by Crippen LogP contribution is 2.32. The van der Waals surface area contributed by atoms with Crippen LogP contribution in [0.5, 0.6) is 5.75 Å². The molecule has 1 heterocycles. The molecular formula is C11H13Cl2NO. The normalized spacial score (nSPS) is 10.1.